The number of methoxy groups -OCH3 is 1. The van der Waals surface area contributed by atoms with Gasteiger partial charge in [0, 0.05) is 25.1 Å². The number of halogens is 1. The van der Waals surface area contributed by atoms with E-state index in [4.69, 9.17) is 15.2 Å². The number of hydrogen-bond donors (Lipinski definition) is 2. The third kappa shape index (κ3) is 6.49. The minimum Gasteiger partial charge on any atom is -0.497 e. The molecule has 1 saturated heterocycles. The van der Waals surface area contributed by atoms with E-state index < -0.39 is 0 Å². The second kappa shape index (κ2) is 11.6. The molecule has 2 aromatic carbocycles. The maximum Gasteiger partial charge on any atom is 0.189 e. The normalized spacial score (nSPS) is 19.6. The van der Waals surface area contributed by atoms with E-state index in [1.807, 2.05) is 30.3 Å². The van der Waals surface area contributed by atoms with Crippen LogP contribution >= 0.6 is 24.0 Å². The first-order chi connectivity index (χ1) is 14.7. The summed E-state index contributed by atoms with van der Waals surface area (Å²) in [5, 5.41) is 3.39. The number of hydrogen-bond acceptors (Lipinski definition) is 4. The van der Waals surface area contributed by atoms with Crippen LogP contribution in [0.5, 0.6) is 11.5 Å². The topological polar surface area (TPSA) is 72.1 Å². The van der Waals surface area contributed by atoms with Crippen molar-refractivity contribution in [3.8, 4) is 11.5 Å². The van der Waals surface area contributed by atoms with Crippen molar-refractivity contribution < 1.29 is 9.47 Å². The van der Waals surface area contributed by atoms with E-state index in [0.717, 1.165) is 62.5 Å². The van der Waals surface area contributed by atoms with Crippen LogP contribution in [0.25, 0.3) is 0 Å². The highest BCUT2D eigenvalue weighted by Crippen LogP contribution is 2.31. The first-order valence-corrected chi connectivity index (χ1v) is 10.8. The van der Waals surface area contributed by atoms with Crippen LogP contribution in [0.2, 0.25) is 0 Å². The average molecular weight is 536 g/mol. The molecule has 2 heterocycles. The standard InChI is InChI=1S/C24H32N4O2.HI/c1-29-20-8-6-19(7-9-20)17-28-13-10-18(11-14-28)16-26-24(25)27-22-12-15-30-23-5-3-2-4-21(22)23;/h2-9,18,22H,10-17H2,1H3,(H3,25,26,27);1H. The van der Waals surface area contributed by atoms with Gasteiger partial charge in [-0.3, -0.25) is 9.89 Å². The Morgan fingerprint density at radius 1 is 1.13 bits per heavy atom. The molecule has 2 aromatic rings. The monoisotopic (exact) mass is 536 g/mol. The Bertz CT molecular complexity index is 851. The Kier molecular flexibility index (Phi) is 8.83. The summed E-state index contributed by atoms with van der Waals surface area (Å²) < 4.78 is 11.0. The first kappa shape index (κ1) is 23.7. The third-order valence-electron chi connectivity index (χ3n) is 6.07. The summed E-state index contributed by atoms with van der Waals surface area (Å²) in [6, 6.07) is 16.7. The number of likely N-dealkylation sites (tertiary alicyclic amines) is 1. The number of rotatable bonds is 6. The fourth-order valence-electron chi connectivity index (χ4n) is 4.26. The van der Waals surface area contributed by atoms with Crippen LogP contribution in [0.15, 0.2) is 53.5 Å². The zero-order valence-electron chi connectivity index (χ0n) is 18.1. The van der Waals surface area contributed by atoms with Crippen molar-refractivity contribution in [1.29, 1.82) is 0 Å². The fraction of sp³-hybridized carbons (Fsp3) is 0.458. The molecule has 0 aromatic heterocycles. The van der Waals surface area contributed by atoms with E-state index in [0.29, 0.717) is 18.5 Å². The number of ether oxygens (including phenoxy) is 2. The second-order valence-corrected chi connectivity index (χ2v) is 8.17. The van der Waals surface area contributed by atoms with Gasteiger partial charge in [0.2, 0.25) is 0 Å². The molecule has 0 bridgehead atoms. The Hall–Kier alpha value is -2.00. The second-order valence-electron chi connectivity index (χ2n) is 8.17. The molecular formula is C24H33IN4O2. The molecule has 31 heavy (non-hydrogen) atoms. The molecule has 168 valence electrons. The van der Waals surface area contributed by atoms with Crippen LogP contribution in [0.3, 0.4) is 0 Å². The highest BCUT2D eigenvalue weighted by molar-refractivity contribution is 14.0. The molecule has 1 atom stereocenters. The predicted molar refractivity (Wildman–Crippen MR) is 135 cm³/mol. The molecular weight excluding hydrogens is 503 g/mol. The molecule has 3 N–H and O–H groups in total. The molecule has 7 heteroatoms. The lowest BCUT2D eigenvalue weighted by molar-refractivity contribution is 0.180. The summed E-state index contributed by atoms with van der Waals surface area (Å²) in [5.74, 6) is 2.99. The smallest absolute Gasteiger partial charge is 0.189 e. The Labute approximate surface area is 202 Å². The van der Waals surface area contributed by atoms with Gasteiger partial charge in [0.25, 0.3) is 0 Å². The van der Waals surface area contributed by atoms with Crippen molar-refractivity contribution >= 4 is 29.9 Å². The lowest BCUT2D eigenvalue weighted by Crippen LogP contribution is -2.38. The van der Waals surface area contributed by atoms with E-state index in [1.54, 1.807) is 7.11 Å². The number of benzene rings is 2. The summed E-state index contributed by atoms with van der Waals surface area (Å²) in [4.78, 5) is 7.17. The zero-order chi connectivity index (χ0) is 20.8. The van der Waals surface area contributed by atoms with Gasteiger partial charge >= 0.3 is 0 Å². The summed E-state index contributed by atoms with van der Waals surface area (Å²) in [6.07, 6.45) is 3.22. The minimum absolute atomic E-state index is 0. The summed E-state index contributed by atoms with van der Waals surface area (Å²) >= 11 is 0. The van der Waals surface area contributed by atoms with Crippen molar-refractivity contribution in [3.05, 3.63) is 59.7 Å². The number of guanidine groups is 1. The fourth-order valence-corrected chi connectivity index (χ4v) is 4.26. The number of piperidine rings is 1. The maximum absolute atomic E-state index is 6.21. The van der Waals surface area contributed by atoms with Crippen molar-refractivity contribution in [2.45, 2.75) is 31.8 Å². The van der Waals surface area contributed by atoms with Crippen LogP contribution in [-0.4, -0.2) is 44.2 Å². The largest absolute Gasteiger partial charge is 0.497 e. The molecule has 2 aliphatic rings. The number of nitrogens with one attached hydrogen (secondary N) is 1. The van der Waals surface area contributed by atoms with Gasteiger partial charge in [-0.15, -0.1) is 24.0 Å². The van der Waals surface area contributed by atoms with Gasteiger partial charge in [-0.2, -0.15) is 0 Å². The minimum atomic E-state index is 0. The van der Waals surface area contributed by atoms with E-state index in [2.05, 4.69) is 33.4 Å². The highest BCUT2D eigenvalue weighted by Gasteiger charge is 2.22. The van der Waals surface area contributed by atoms with Crippen LogP contribution in [0.4, 0.5) is 0 Å². The van der Waals surface area contributed by atoms with E-state index in [1.165, 1.54) is 5.56 Å². The third-order valence-corrected chi connectivity index (χ3v) is 6.07. The number of para-hydroxylation sites is 1. The molecule has 6 nitrogen and oxygen atoms in total. The summed E-state index contributed by atoms with van der Waals surface area (Å²) in [7, 11) is 1.70. The lowest BCUT2D eigenvalue weighted by Gasteiger charge is -2.31. The molecule has 1 fully saturated rings. The van der Waals surface area contributed by atoms with E-state index in [-0.39, 0.29) is 30.0 Å². The maximum atomic E-state index is 6.21. The molecule has 0 saturated carbocycles. The Balaban J connectivity index is 0.00000272. The number of aliphatic imine (C=N–C) groups is 1. The van der Waals surface area contributed by atoms with E-state index in [9.17, 15) is 0 Å². The number of fused-ring (bicyclic) bond motifs is 1. The van der Waals surface area contributed by atoms with Gasteiger partial charge in [0.1, 0.15) is 11.5 Å². The lowest BCUT2D eigenvalue weighted by atomic mass is 9.96. The molecule has 0 amide bonds. The SMILES string of the molecule is COc1ccc(CN2CCC(CN=C(N)NC3CCOc4ccccc43)CC2)cc1.I. The Morgan fingerprint density at radius 2 is 1.87 bits per heavy atom. The van der Waals surface area contributed by atoms with Crippen molar-refractivity contribution in [3.63, 3.8) is 0 Å². The predicted octanol–water partition coefficient (Wildman–Crippen LogP) is 3.95. The van der Waals surface area contributed by atoms with Gasteiger partial charge in [-0.05, 0) is 55.6 Å². The van der Waals surface area contributed by atoms with Crippen molar-refractivity contribution in [2.75, 3.05) is 33.4 Å². The number of nitrogens with two attached hydrogens (primary N) is 1. The van der Waals surface area contributed by atoms with Gasteiger partial charge < -0.3 is 20.5 Å². The van der Waals surface area contributed by atoms with E-state index >= 15 is 0 Å². The van der Waals surface area contributed by atoms with Gasteiger partial charge in [-0.25, -0.2) is 0 Å². The molecule has 1 unspecified atom stereocenters. The average Bonchev–Trinajstić information content (AvgIpc) is 2.79. The summed E-state index contributed by atoms with van der Waals surface area (Å²) in [6.45, 7) is 4.70. The molecule has 0 spiro atoms. The van der Waals surface area contributed by atoms with Gasteiger partial charge in [-0.1, -0.05) is 30.3 Å². The summed E-state index contributed by atoms with van der Waals surface area (Å²) in [5.41, 5.74) is 8.70. The van der Waals surface area contributed by atoms with Gasteiger partial charge in [0.05, 0.1) is 19.8 Å². The molecule has 2 aliphatic heterocycles. The van der Waals surface area contributed by atoms with Crippen LogP contribution in [-0.2, 0) is 6.54 Å². The van der Waals surface area contributed by atoms with Crippen LogP contribution < -0.4 is 20.5 Å². The molecule has 4 rings (SSSR count). The quantitative estimate of drug-likeness (QED) is 0.333. The van der Waals surface area contributed by atoms with Crippen LogP contribution in [0.1, 0.15) is 36.4 Å². The number of nitrogens with zero attached hydrogens (tertiary/aromatic N) is 2. The van der Waals surface area contributed by atoms with Gasteiger partial charge in [0.15, 0.2) is 5.96 Å². The zero-order valence-corrected chi connectivity index (χ0v) is 20.5. The first-order valence-electron chi connectivity index (χ1n) is 10.8. The van der Waals surface area contributed by atoms with Crippen LogP contribution in [0, 0.1) is 5.92 Å². The molecule has 0 radical (unpaired) electrons. The molecule has 0 aliphatic carbocycles. The van der Waals surface area contributed by atoms with Crippen molar-refractivity contribution in [1.82, 2.24) is 10.2 Å². The highest BCUT2D eigenvalue weighted by atomic mass is 127. The van der Waals surface area contributed by atoms with Crippen molar-refractivity contribution in [2.24, 2.45) is 16.6 Å². The Morgan fingerprint density at radius 3 is 2.61 bits per heavy atom.